The Hall–Kier alpha value is -4.82. The van der Waals surface area contributed by atoms with Gasteiger partial charge >= 0.3 is 0 Å². The van der Waals surface area contributed by atoms with Gasteiger partial charge in [0, 0.05) is 70.3 Å². The van der Waals surface area contributed by atoms with E-state index in [4.69, 9.17) is 33.3 Å². The molecule has 1 amide bonds. The molecule has 0 spiro atoms. The SMILES string of the molecule is Cc1nc2c(F)c(-c3cccc(Cl)c3Cl)c(CCC#N)cc2c2c1cc([C@H]1C[C@H](n3cnc(-c4ccccc4)n3)CN1C(=O)C1CC1)n2[C@H]1[C@H]2CN[C@@H]1C2. The lowest BCUT2D eigenvalue weighted by Crippen LogP contribution is -2.41. The molecular weight excluding hydrogens is 722 g/mol. The average Bonchev–Trinajstić information content (AvgIpc) is 3.67. The molecule has 5 aliphatic rings. The fraction of sp³-hybridized carbons (Fsp3) is 0.357. The summed E-state index contributed by atoms with van der Waals surface area (Å²) in [4.78, 5) is 25.8. The van der Waals surface area contributed by atoms with Crippen LogP contribution in [0.15, 0.2) is 67.0 Å². The molecule has 3 aromatic heterocycles. The van der Waals surface area contributed by atoms with Gasteiger partial charge in [-0.2, -0.15) is 10.4 Å². The molecule has 0 unspecified atom stereocenters. The smallest absolute Gasteiger partial charge is 0.226 e. The number of nitriles is 1. The number of likely N-dealkylation sites (tertiary alicyclic amines) is 1. The molecule has 272 valence electrons. The number of aryl methyl sites for hydroxylation is 2. The zero-order chi connectivity index (χ0) is 36.8. The number of nitrogens with one attached hydrogen (secondary N) is 1. The Morgan fingerprint density at radius 1 is 1.07 bits per heavy atom. The monoisotopic (exact) mass is 758 g/mol. The number of aromatic nitrogens is 5. The minimum atomic E-state index is -0.481. The van der Waals surface area contributed by atoms with Gasteiger partial charge in [-0.25, -0.2) is 19.0 Å². The van der Waals surface area contributed by atoms with Gasteiger partial charge < -0.3 is 14.8 Å². The van der Waals surface area contributed by atoms with Crippen LogP contribution in [0.1, 0.15) is 67.2 Å². The lowest BCUT2D eigenvalue weighted by molar-refractivity contribution is -0.133. The van der Waals surface area contributed by atoms with Crippen molar-refractivity contribution < 1.29 is 9.18 Å². The summed E-state index contributed by atoms with van der Waals surface area (Å²) in [6.07, 6.45) is 5.89. The summed E-state index contributed by atoms with van der Waals surface area (Å²) < 4.78 is 21.6. The molecule has 12 heteroatoms. The molecule has 5 atom stereocenters. The predicted octanol–water partition coefficient (Wildman–Crippen LogP) is 8.78. The fourth-order valence-electron chi connectivity index (χ4n) is 9.36. The number of amides is 1. The van der Waals surface area contributed by atoms with E-state index in [-0.39, 0.29) is 53.0 Å². The molecule has 2 aliphatic carbocycles. The third-order valence-electron chi connectivity index (χ3n) is 12.2. The quantitative estimate of drug-likeness (QED) is 0.166. The lowest BCUT2D eigenvalue weighted by atomic mass is 9.79. The highest BCUT2D eigenvalue weighted by Gasteiger charge is 2.51. The summed E-state index contributed by atoms with van der Waals surface area (Å²) in [7, 11) is 0. The van der Waals surface area contributed by atoms with Crippen molar-refractivity contribution >= 4 is 50.9 Å². The fourth-order valence-corrected chi connectivity index (χ4v) is 9.76. The van der Waals surface area contributed by atoms with Crippen LogP contribution in [0.4, 0.5) is 4.39 Å². The largest absolute Gasteiger partial charge is 0.337 e. The van der Waals surface area contributed by atoms with E-state index in [1.165, 1.54) is 0 Å². The van der Waals surface area contributed by atoms with Crippen LogP contribution in [-0.2, 0) is 11.2 Å². The Balaban J connectivity index is 1.17. The van der Waals surface area contributed by atoms with Crippen LogP contribution in [0.2, 0.25) is 10.0 Å². The summed E-state index contributed by atoms with van der Waals surface area (Å²) >= 11 is 13.1. The normalized spacial score (nSPS) is 23.3. The standard InChI is InChI=1S/C42H37Cl2FN8O/c1-22-29-18-34(33-17-27(20-51(33)42(54)24-12-13-24)52-21-48-41(50-52)23-7-3-2-4-8-23)53(39-26-16-32(39)47-19-26)40(29)30-15-25(9-6-14-46)35(37(45)38(30)49-22)28-10-5-11-31(43)36(28)44/h2-5,7-8,10-11,15,18,21,24,26-27,32-33,39,47H,6,9,12-13,16-17,19-20H2,1H3/t26-,27+,32-,33-,39+/m1/s1. The van der Waals surface area contributed by atoms with E-state index in [0.717, 1.165) is 48.0 Å². The molecule has 3 saturated heterocycles. The second kappa shape index (κ2) is 12.9. The number of halogens is 3. The number of benzene rings is 3. The molecule has 6 aromatic rings. The lowest BCUT2D eigenvalue weighted by Gasteiger charge is -2.39. The number of pyridine rings is 1. The van der Waals surface area contributed by atoms with Crippen molar-refractivity contribution in [2.24, 2.45) is 11.8 Å². The molecular formula is C42H37Cl2FN8O. The van der Waals surface area contributed by atoms with Crippen molar-refractivity contribution in [3.05, 3.63) is 99.8 Å². The van der Waals surface area contributed by atoms with Gasteiger partial charge in [0.15, 0.2) is 11.6 Å². The molecule has 2 saturated carbocycles. The highest BCUT2D eigenvalue weighted by atomic mass is 35.5. The van der Waals surface area contributed by atoms with Gasteiger partial charge in [-0.05, 0) is 68.7 Å². The maximum absolute atomic E-state index is 17.3. The third-order valence-corrected chi connectivity index (χ3v) is 13.0. The number of nitrogens with zero attached hydrogens (tertiary/aromatic N) is 7. The summed E-state index contributed by atoms with van der Waals surface area (Å²) in [5.41, 5.74) is 5.35. The Morgan fingerprint density at radius 3 is 2.65 bits per heavy atom. The van der Waals surface area contributed by atoms with Crippen molar-refractivity contribution in [1.82, 2.24) is 34.5 Å². The number of rotatable bonds is 8. The molecule has 11 rings (SSSR count). The maximum atomic E-state index is 17.3. The van der Waals surface area contributed by atoms with Crippen LogP contribution in [0, 0.1) is 35.9 Å². The first kappa shape index (κ1) is 33.7. The second-order valence-corrected chi connectivity index (χ2v) is 16.1. The van der Waals surface area contributed by atoms with E-state index in [9.17, 15) is 10.1 Å². The van der Waals surface area contributed by atoms with E-state index < -0.39 is 5.82 Å². The van der Waals surface area contributed by atoms with Crippen LogP contribution in [0.5, 0.6) is 0 Å². The Labute approximate surface area is 321 Å². The maximum Gasteiger partial charge on any atom is 0.226 e. The van der Waals surface area contributed by atoms with Crippen molar-refractivity contribution in [2.45, 2.75) is 69.6 Å². The summed E-state index contributed by atoms with van der Waals surface area (Å²) in [5, 5.41) is 20.5. The van der Waals surface area contributed by atoms with E-state index in [2.05, 4.69) is 31.9 Å². The minimum absolute atomic E-state index is 0.0408. The molecule has 3 aliphatic heterocycles. The summed E-state index contributed by atoms with van der Waals surface area (Å²) in [5.74, 6) is 0.814. The van der Waals surface area contributed by atoms with Gasteiger partial charge in [-0.15, -0.1) is 0 Å². The summed E-state index contributed by atoms with van der Waals surface area (Å²) in [6.45, 7) is 3.38. The van der Waals surface area contributed by atoms with Crippen LogP contribution in [0.3, 0.4) is 0 Å². The Morgan fingerprint density at radius 2 is 1.91 bits per heavy atom. The zero-order valence-electron chi connectivity index (χ0n) is 29.6. The van der Waals surface area contributed by atoms with Crippen molar-refractivity contribution in [2.75, 3.05) is 13.1 Å². The number of carbonyl (C=O) groups is 1. The molecule has 0 radical (unpaired) electrons. The van der Waals surface area contributed by atoms with E-state index in [1.54, 1.807) is 24.5 Å². The van der Waals surface area contributed by atoms with Crippen LogP contribution < -0.4 is 5.32 Å². The van der Waals surface area contributed by atoms with Crippen LogP contribution in [-0.4, -0.2) is 54.3 Å². The molecule has 3 aromatic carbocycles. The van der Waals surface area contributed by atoms with E-state index in [1.807, 2.05) is 48.0 Å². The molecule has 5 fully saturated rings. The Bertz CT molecular complexity index is 2530. The number of fused-ring (bicyclic) bond motifs is 4. The highest BCUT2D eigenvalue weighted by molar-refractivity contribution is 6.43. The van der Waals surface area contributed by atoms with Crippen LogP contribution in [0.25, 0.3) is 44.3 Å². The third kappa shape index (κ3) is 5.27. The van der Waals surface area contributed by atoms with Gasteiger partial charge in [0.1, 0.15) is 11.8 Å². The van der Waals surface area contributed by atoms with Gasteiger partial charge in [0.2, 0.25) is 5.91 Å². The van der Waals surface area contributed by atoms with Crippen molar-refractivity contribution in [3.63, 3.8) is 0 Å². The molecule has 2 bridgehead atoms. The minimum Gasteiger partial charge on any atom is -0.337 e. The van der Waals surface area contributed by atoms with Gasteiger partial charge in [-0.3, -0.25) is 4.79 Å². The first-order valence-electron chi connectivity index (χ1n) is 18.8. The molecule has 9 nitrogen and oxygen atoms in total. The van der Waals surface area contributed by atoms with Crippen LogP contribution >= 0.6 is 23.2 Å². The van der Waals surface area contributed by atoms with Crippen molar-refractivity contribution in [1.29, 1.82) is 5.26 Å². The summed E-state index contributed by atoms with van der Waals surface area (Å²) in [6, 6.07) is 21.7. The number of carbonyl (C=O) groups excluding carboxylic acids is 1. The number of hydrogen-bond donors (Lipinski definition) is 1. The topological polar surface area (TPSA) is 105 Å². The second-order valence-electron chi connectivity index (χ2n) is 15.4. The van der Waals surface area contributed by atoms with Gasteiger partial charge in [0.05, 0.1) is 39.8 Å². The molecule has 1 N–H and O–H groups in total. The number of hydrogen-bond acceptors (Lipinski definition) is 6. The zero-order valence-corrected chi connectivity index (χ0v) is 31.2. The molecule has 6 heterocycles. The van der Waals surface area contributed by atoms with Gasteiger partial charge in [-0.1, -0.05) is 65.7 Å². The first-order valence-corrected chi connectivity index (χ1v) is 19.5. The van der Waals surface area contributed by atoms with E-state index in [0.29, 0.717) is 63.9 Å². The first-order chi connectivity index (χ1) is 26.3. The average molecular weight is 760 g/mol. The highest BCUT2D eigenvalue weighted by Crippen LogP contribution is 2.52. The predicted molar refractivity (Wildman–Crippen MR) is 207 cm³/mol. The van der Waals surface area contributed by atoms with Gasteiger partial charge in [0.25, 0.3) is 0 Å². The van der Waals surface area contributed by atoms with E-state index >= 15 is 4.39 Å². The molecule has 54 heavy (non-hydrogen) atoms. The van der Waals surface area contributed by atoms with Crippen molar-refractivity contribution in [3.8, 4) is 28.6 Å². The Kier molecular flexibility index (Phi) is 8.06.